The molecule has 0 aliphatic heterocycles. The summed E-state index contributed by atoms with van der Waals surface area (Å²) < 4.78 is 246. The van der Waals surface area contributed by atoms with Gasteiger partial charge in [0.15, 0.2) is 5.67 Å². The Morgan fingerprint density at radius 2 is 1.00 bits per heavy atom. The second kappa shape index (κ2) is 9.86. The van der Waals surface area contributed by atoms with Gasteiger partial charge in [-0.3, -0.25) is 0 Å². The van der Waals surface area contributed by atoms with Gasteiger partial charge in [0.05, 0.1) is 0 Å². The van der Waals surface area contributed by atoms with Crippen molar-refractivity contribution in [2.75, 3.05) is 0 Å². The lowest BCUT2D eigenvalue weighted by Gasteiger charge is -2.44. The Bertz CT molecular complexity index is 930. The van der Waals surface area contributed by atoms with Crippen molar-refractivity contribution in [2.24, 2.45) is 11.8 Å². The topological polar surface area (TPSA) is 0 Å². The van der Waals surface area contributed by atoms with Gasteiger partial charge in [-0.25, -0.2) is 22.0 Å². The lowest BCUT2D eigenvalue weighted by atomic mass is 9.73. The van der Waals surface area contributed by atoms with Gasteiger partial charge in [-0.15, -0.1) is 0 Å². The Morgan fingerprint density at radius 3 is 1.34 bits per heavy atom. The van der Waals surface area contributed by atoms with Crippen LogP contribution in [0.4, 0.5) is 79.0 Å². The summed E-state index contributed by atoms with van der Waals surface area (Å²) in [5.74, 6) is -53.2. The van der Waals surface area contributed by atoms with Gasteiger partial charge in [0.25, 0.3) is 5.92 Å². The molecular weight excluding hydrogens is 582 g/mol. The maximum Gasteiger partial charge on any atom is 0.398 e. The van der Waals surface area contributed by atoms with Gasteiger partial charge < -0.3 is 0 Å². The molecule has 0 nitrogen and oxygen atoms in total. The molecular formula is C20H16F18. The van der Waals surface area contributed by atoms with Crippen LogP contribution in [0.2, 0.25) is 0 Å². The Hall–Kier alpha value is -2.04. The van der Waals surface area contributed by atoms with Crippen LogP contribution in [-0.4, -0.2) is 48.1 Å². The minimum Gasteiger partial charge on any atom is -0.232 e. The Morgan fingerprint density at radius 1 is 0.605 bits per heavy atom. The standard InChI is InChI=1S/C20H16F18/c1-9(8-14(25,13(2,23)24)10-6-4-3-5-7-10)11(17(30,31)32)15(26,27)18(33,34)20(37,38)19(35,36)16(28,29)12(21)22/h3-7,9,11-12H,8H2,1-2H3. The molecule has 18 heteroatoms. The molecule has 222 valence electrons. The maximum absolute atomic E-state index is 15.4. The van der Waals surface area contributed by atoms with E-state index in [2.05, 4.69) is 0 Å². The number of halogens is 18. The molecule has 0 N–H and O–H groups in total. The van der Waals surface area contributed by atoms with Crippen LogP contribution in [0.5, 0.6) is 0 Å². The second-order valence-electron chi connectivity index (χ2n) is 8.53. The fourth-order valence-corrected chi connectivity index (χ4v) is 3.65. The van der Waals surface area contributed by atoms with Crippen LogP contribution in [0.15, 0.2) is 30.3 Å². The van der Waals surface area contributed by atoms with Crippen LogP contribution in [-0.2, 0) is 5.67 Å². The van der Waals surface area contributed by atoms with E-state index in [0.29, 0.717) is 12.1 Å². The third-order valence-corrected chi connectivity index (χ3v) is 5.74. The molecule has 3 unspecified atom stereocenters. The first-order valence-electron chi connectivity index (χ1n) is 9.91. The highest BCUT2D eigenvalue weighted by atomic mass is 19.4. The first-order chi connectivity index (χ1) is 16.5. The second-order valence-corrected chi connectivity index (χ2v) is 8.53. The summed E-state index contributed by atoms with van der Waals surface area (Å²) in [6, 6.07) is 3.79. The molecule has 0 spiro atoms. The Labute approximate surface area is 202 Å². The van der Waals surface area contributed by atoms with Crippen LogP contribution < -0.4 is 0 Å². The molecule has 1 aromatic rings. The van der Waals surface area contributed by atoms with Crippen molar-refractivity contribution >= 4 is 0 Å². The van der Waals surface area contributed by atoms with Crippen molar-refractivity contribution in [1.29, 1.82) is 0 Å². The van der Waals surface area contributed by atoms with Gasteiger partial charge in [-0.05, 0) is 17.9 Å². The highest BCUT2D eigenvalue weighted by Crippen LogP contribution is 2.62. The SMILES string of the molecule is CC(CC(F)(c1ccccc1)C(C)(F)F)C(C(F)(F)F)C(F)(F)C(F)(F)C(F)(F)C(F)(F)C(F)(F)C(F)F. The van der Waals surface area contributed by atoms with E-state index in [4.69, 9.17) is 0 Å². The van der Waals surface area contributed by atoms with Gasteiger partial charge >= 0.3 is 42.2 Å². The summed E-state index contributed by atoms with van der Waals surface area (Å²) in [4.78, 5) is 0. The maximum atomic E-state index is 15.4. The van der Waals surface area contributed by atoms with Gasteiger partial charge in [-0.2, -0.15) is 57.1 Å². The third kappa shape index (κ3) is 5.23. The van der Waals surface area contributed by atoms with E-state index in [1.165, 1.54) is 0 Å². The molecule has 0 aromatic heterocycles. The van der Waals surface area contributed by atoms with Crippen molar-refractivity contribution in [3.05, 3.63) is 35.9 Å². The van der Waals surface area contributed by atoms with Crippen LogP contribution in [0.25, 0.3) is 0 Å². The highest BCUT2D eigenvalue weighted by Gasteiger charge is 2.89. The average molecular weight is 598 g/mol. The lowest BCUT2D eigenvalue weighted by molar-refractivity contribution is -0.429. The van der Waals surface area contributed by atoms with E-state index in [9.17, 15) is 74.6 Å². The monoisotopic (exact) mass is 598 g/mol. The molecule has 0 radical (unpaired) electrons. The van der Waals surface area contributed by atoms with Gasteiger partial charge in [-0.1, -0.05) is 37.3 Å². The molecule has 0 amide bonds. The molecule has 0 saturated heterocycles. The van der Waals surface area contributed by atoms with E-state index in [-0.39, 0.29) is 13.8 Å². The zero-order valence-electron chi connectivity index (χ0n) is 18.6. The van der Waals surface area contributed by atoms with Crippen LogP contribution >= 0.6 is 0 Å². The van der Waals surface area contributed by atoms with E-state index >= 15 is 4.39 Å². The molecule has 0 aliphatic rings. The molecule has 0 bridgehead atoms. The number of rotatable bonds is 11. The van der Waals surface area contributed by atoms with Gasteiger partial charge in [0.1, 0.15) is 5.92 Å². The predicted octanol–water partition coefficient (Wildman–Crippen LogP) is 9.15. The molecule has 0 heterocycles. The molecule has 0 aliphatic carbocycles. The fraction of sp³-hybridized carbons (Fsp3) is 0.700. The number of alkyl halides is 18. The highest BCUT2D eigenvalue weighted by molar-refractivity contribution is 5.25. The molecule has 3 atom stereocenters. The van der Waals surface area contributed by atoms with Crippen molar-refractivity contribution in [3.8, 4) is 0 Å². The lowest BCUT2D eigenvalue weighted by Crippen LogP contribution is -2.71. The van der Waals surface area contributed by atoms with Gasteiger partial charge in [0.2, 0.25) is 0 Å². The van der Waals surface area contributed by atoms with Crippen molar-refractivity contribution in [1.82, 2.24) is 0 Å². The predicted molar refractivity (Wildman–Crippen MR) is 93.9 cm³/mol. The number of hydrogen-bond donors (Lipinski definition) is 0. The molecule has 38 heavy (non-hydrogen) atoms. The smallest absolute Gasteiger partial charge is 0.232 e. The third-order valence-electron chi connectivity index (χ3n) is 5.74. The van der Waals surface area contributed by atoms with E-state index in [1.807, 2.05) is 0 Å². The largest absolute Gasteiger partial charge is 0.398 e. The molecule has 0 fully saturated rings. The Balaban J connectivity index is 3.76. The molecule has 0 saturated carbocycles. The van der Waals surface area contributed by atoms with Crippen LogP contribution in [0, 0.1) is 11.8 Å². The minimum absolute atomic E-state index is 0.241. The first kappa shape index (κ1) is 34.0. The normalized spacial score (nSPS) is 18.3. The van der Waals surface area contributed by atoms with Crippen molar-refractivity contribution in [2.45, 2.75) is 74.1 Å². The van der Waals surface area contributed by atoms with Crippen molar-refractivity contribution < 1.29 is 79.0 Å². The summed E-state index contributed by atoms with van der Waals surface area (Å²) in [5.41, 5.74) is -5.57. The summed E-state index contributed by atoms with van der Waals surface area (Å²) in [7, 11) is 0. The van der Waals surface area contributed by atoms with Crippen molar-refractivity contribution in [3.63, 3.8) is 0 Å². The first-order valence-corrected chi connectivity index (χ1v) is 9.91. The van der Waals surface area contributed by atoms with E-state index < -0.39 is 77.6 Å². The van der Waals surface area contributed by atoms with Crippen LogP contribution in [0.3, 0.4) is 0 Å². The van der Waals surface area contributed by atoms with E-state index in [0.717, 1.165) is 18.2 Å². The summed E-state index contributed by atoms with van der Waals surface area (Å²) in [6.45, 7) is -0.502. The minimum atomic E-state index is -8.28. The van der Waals surface area contributed by atoms with Crippen LogP contribution in [0.1, 0.15) is 25.8 Å². The summed E-state index contributed by atoms with van der Waals surface area (Å²) >= 11 is 0. The quantitative estimate of drug-likeness (QED) is 0.223. The number of hydrogen-bond acceptors (Lipinski definition) is 0. The molecule has 1 rings (SSSR count). The fourth-order valence-electron chi connectivity index (χ4n) is 3.65. The number of benzene rings is 1. The average Bonchev–Trinajstić information content (AvgIpc) is 2.71. The molecule has 1 aromatic carbocycles. The zero-order chi connectivity index (χ0) is 30.6. The summed E-state index contributed by atoms with van der Waals surface area (Å²) in [5, 5.41) is 0. The summed E-state index contributed by atoms with van der Waals surface area (Å²) in [6.07, 6.45) is -15.2. The van der Waals surface area contributed by atoms with Gasteiger partial charge in [0, 0.05) is 6.92 Å². The zero-order valence-corrected chi connectivity index (χ0v) is 18.6. The Kier molecular flexibility index (Phi) is 8.82. The van der Waals surface area contributed by atoms with E-state index in [1.54, 1.807) is 0 Å².